The molecule has 0 radical (unpaired) electrons. The maximum absolute atomic E-state index is 11.6. The zero-order chi connectivity index (χ0) is 12.8. The van der Waals surface area contributed by atoms with Crippen LogP contribution in [0, 0.1) is 0 Å². The molecule has 2 heterocycles. The van der Waals surface area contributed by atoms with Crippen molar-refractivity contribution in [3.05, 3.63) is 12.7 Å². The van der Waals surface area contributed by atoms with Crippen LogP contribution in [0.2, 0.25) is 0 Å². The van der Waals surface area contributed by atoms with Crippen LogP contribution in [0.25, 0.3) is 11.2 Å². The van der Waals surface area contributed by atoms with Crippen molar-refractivity contribution in [2.24, 2.45) is 0 Å². The minimum Gasteiger partial charge on any atom is -0.355 e. The second-order valence-corrected chi connectivity index (χ2v) is 4.74. The molecule has 2 N–H and O–H groups in total. The third-order valence-corrected chi connectivity index (χ3v) is 3.37. The van der Waals surface area contributed by atoms with E-state index in [1.165, 1.54) is 18.1 Å². The number of amides is 1. The van der Waals surface area contributed by atoms with E-state index >= 15 is 0 Å². The lowest BCUT2D eigenvalue weighted by molar-refractivity contribution is -0.118. The topological polar surface area (TPSA) is 83.6 Å². The first-order valence-corrected chi connectivity index (χ1v) is 6.83. The fourth-order valence-electron chi connectivity index (χ4n) is 1.44. The lowest BCUT2D eigenvalue weighted by atomic mass is 10.3. The number of imidazole rings is 1. The quantitative estimate of drug-likeness (QED) is 0.468. The third kappa shape index (κ3) is 3.19. The van der Waals surface area contributed by atoms with E-state index in [2.05, 4.69) is 32.2 Å². The molecule has 0 aromatic carbocycles. The first-order valence-electron chi connectivity index (χ1n) is 5.85. The normalized spacial score (nSPS) is 10.7. The van der Waals surface area contributed by atoms with Gasteiger partial charge < -0.3 is 10.3 Å². The van der Waals surface area contributed by atoms with Crippen molar-refractivity contribution in [1.29, 1.82) is 0 Å². The number of hydrogen-bond acceptors (Lipinski definition) is 5. The maximum atomic E-state index is 11.6. The summed E-state index contributed by atoms with van der Waals surface area (Å²) < 4.78 is 0. The molecule has 0 spiro atoms. The Balaban J connectivity index is 1.90. The van der Waals surface area contributed by atoms with Gasteiger partial charge in [0.05, 0.1) is 12.1 Å². The number of fused-ring (bicyclic) bond motifs is 1. The number of thioether (sulfide) groups is 1. The van der Waals surface area contributed by atoms with Gasteiger partial charge in [0.25, 0.3) is 0 Å². The number of H-pyrrole nitrogens is 1. The number of aromatic amines is 1. The minimum atomic E-state index is 0.0275. The van der Waals surface area contributed by atoms with Gasteiger partial charge >= 0.3 is 0 Å². The Labute approximate surface area is 109 Å². The molecule has 2 rings (SSSR count). The maximum Gasteiger partial charge on any atom is 0.230 e. The van der Waals surface area contributed by atoms with Crippen molar-refractivity contribution in [2.75, 3.05) is 12.3 Å². The number of carbonyl (C=O) groups is 1. The SMILES string of the molecule is CCCCNC(=O)CSc1ncnc2nc[nH]c12. The van der Waals surface area contributed by atoms with E-state index in [9.17, 15) is 4.79 Å². The molecule has 96 valence electrons. The minimum absolute atomic E-state index is 0.0275. The highest BCUT2D eigenvalue weighted by atomic mass is 32.2. The summed E-state index contributed by atoms with van der Waals surface area (Å²) in [5, 5.41) is 3.62. The second kappa shape index (κ2) is 6.34. The Kier molecular flexibility index (Phi) is 4.52. The fourth-order valence-corrected chi connectivity index (χ4v) is 2.23. The van der Waals surface area contributed by atoms with Crippen LogP contribution in [-0.4, -0.2) is 38.1 Å². The van der Waals surface area contributed by atoms with Crippen LogP contribution in [0.3, 0.4) is 0 Å². The average Bonchev–Trinajstić information content (AvgIpc) is 2.85. The zero-order valence-corrected chi connectivity index (χ0v) is 11.0. The van der Waals surface area contributed by atoms with Crippen molar-refractivity contribution in [3.8, 4) is 0 Å². The molecule has 0 atom stereocenters. The summed E-state index contributed by atoms with van der Waals surface area (Å²) in [5.74, 6) is 0.384. The van der Waals surface area contributed by atoms with Crippen molar-refractivity contribution in [3.63, 3.8) is 0 Å². The first kappa shape index (κ1) is 12.8. The van der Waals surface area contributed by atoms with Gasteiger partial charge in [0, 0.05) is 6.54 Å². The highest BCUT2D eigenvalue weighted by molar-refractivity contribution is 8.00. The van der Waals surface area contributed by atoms with Gasteiger partial charge in [-0.2, -0.15) is 0 Å². The molecule has 7 heteroatoms. The second-order valence-electron chi connectivity index (χ2n) is 3.77. The molecule has 0 aliphatic carbocycles. The van der Waals surface area contributed by atoms with Crippen LogP contribution >= 0.6 is 11.8 Å². The lowest BCUT2D eigenvalue weighted by Gasteiger charge is -2.03. The standard InChI is InChI=1S/C11H15N5OS/c1-2-3-4-12-8(17)5-18-11-9-10(14-6-13-9)15-7-16-11/h6-7H,2-5H2,1H3,(H,12,17)(H,13,14,15,16). The predicted octanol–water partition coefficient (Wildman–Crippen LogP) is 1.36. The molecule has 2 aromatic heterocycles. The van der Waals surface area contributed by atoms with Crippen LogP contribution in [0.4, 0.5) is 0 Å². The van der Waals surface area contributed by atoms with E-state index in [1.54, 1.807) is 6.33 Å². The van der Waals surface area contributed by atoms with E-state index in [1.807, 2.05) is 0 Å². The Hall–Kier alpha value is -1.63. The van der Waals surface area contributed by atoms with E-state index < -0.39 is 0 Å². The van der Waals surface area contributed by atoms with Gasteiger partial charge in [-0.15, -0.1) is 0 Å². The smallest absolute Gasteiger partial charge is 0.230 e. The number of unbranched alkanes of at least 4 members (excludes halogenated alkanes) is 1. The van der Waals surface area contributed by atoms with Gasteiger partial charge in [-0.3, -0.25) is 4.79 Å². The highest BCUT2D eigenvalue weighted by Crippen LogP contribution is 2.21. The number of aromatic nitrogens is 4. The van der Waals surface area contributed by atoms with E-state index in [0.717, 1.165) is 29.9 Å². The van der Waals surface area contributed by atoms with E-state index in [4.69, 9.17) is 0 Å². The number of nitrogens with one attached hydrogen (secondary N) is 2. The number of hydrogen-bond donors (Lipinski definition) is 2. The highest BCUT2D eigenvalue weighted by Gasteiger charge is 2.08. The van der Waals surface area contributed by atoms with Gasteiger partial charge in [-0.05, 0) is 6.42 Å². The molecule has 0 bridgehead atoms. The van der Waals surface area contributed by atoms with Crippen molar-refractivity contribution in [2.45, 2.75) is 24.8 Å². The predicted molar refractivity (Wildman–Crippen MR) is 70.3 cm³/mol. The van der Waals surface area contributed by atoms with Crippen molar-refractivity contribution >= 4 is 28.8 Å². The summed E-state index contributed by atoms with van der Waals surface area (Å²) in [5.41, 5.74) is 1.41. The Morgan fingerprint density at radius 2 is 2.33 bits per heavy atom. The number of nitrogens with zero attached hydrogens (tertiary/aromatic N) is 3. The van der Waals surface area contributed by atoms with Crippen LogP contribution < -0.4 is 5.32 Å². The third-order valence-electron chi connectivity index (χ3n) is 2.38. The molecule has 0 unspecified atom stereocenters. The molecule has 0 aliphatic heterocycles. The number of carbonyl (C=O) groups excluding carboxylic acids is 1. The van der Waals surface area contributed by atoms with Crippen LogP contribution in [-0.2, 0) is 4.79 Å². The van der Waals surface area contributed by atoms with E-state index in [0.29, 0.717) is 11.4 Å². The zero-order valence-electron chi connectivity index (χ0n) is 10.1. The van der Waals surface area contributed by atoms with Gasteiger partial charge in [-0.1, -0.05) is 25.1 Å². The van der Waals surface area contributed by atoms with Crippen molar-refractivity contribution in [1.82, 2.24) is 25.3 Å². The Morgan fingerprint density at radius 3 is 3.17 bits per heavy atom. The molecule has 2 aromatic rings. The number of rotatable bonds is 6. The molecule has 6 nitrogen and oxygen atoms in total. The van der Waals surface area contributed by atoms with Gasteiger partial charge in [0.15, 0.2) is 5.65 Å². The first-order chi connectivity index (χ1) is 8.81. The monoisotopic (exact) mass is 265 g/mol. The molecule has 18 heavy (non-hydrogen) atoms. The van der Waals surface area contributed by atoms with Gasteiger partial charge in [0.2, 0.25) is 5.91 Å². The van der Waals surface area contributed by atoms with Gasteiger partial charge in [-0.25, -0.2) is 15.0 Å². The summed E-state index contributed by atoms with van der Waals surface area (Å²) in [6.07, 6.45) is 5.12. The fraction of sp³-hybridized carbons (Fsp3) is 0.455. The largest absolute Gasteiger partial charge is 0.355 e. The van der Waals surface area contributed by atoms with E-state index in [-0.39, 0.29) is 5.91 Å². The lowest BCUT2D eigenvalue weighted by Crippen LogP contribution is -2.26. The Bertz CT molecular complexity index is 527. The summed E-state index contributed by atoms with van der Waals surface area (Å²) in [6.45, 7) is 2.83. The molecule has 0 aliphatic rings. The summed E-state index contributed by atoms with van der Waals surface area (Å²) in [4.78, 5) is 26.8. The van der Waals surface area contributed by atoms with Crippen LogP contribution in [0.1, 0.15) is 19.8 Å². The summed E-state index contributed by atoms with van der Waals surface area (Å²) >= 11 is 1.39. The molecular weight excluding hydrogens is 250 g/mol. The average molecular weight is 265 g/mol. The Morgan fingerprint density at radius 1 is 1.44 bits per heavy atom. The van der Waals surface area contributed by atoms with Crippen LogP contribution in [0.15, 0.2) is 17.7 Å². The van der Waals surface area contributed by atoms with Crippen LogP contribution in [0.5, 0.6) is 0 Å². The molecule has 1 amide bonds. The summed E-state index contributed by atoms with van der Waals surface area (Å²) in [7, 11) is 0. The molecule has 0 saturated heterocycles. The molecule has 0 saturated carbocycles. The summed E-state index contributed by atoms with van der Waals surface area (Å²) in [6, 6.07) is 0. The molecular formula is C11H15N5OS. The van der Waals surface area contributed by atoms with Crippen molar-refractivity contribution < 1.29 is 4.79 Å². The molecule has 0 fully saturated rings. The van der Waals surface area contributed by atoms with Gasteiger partial charge in [0.1, 0.15) is 16.9 Å².